The van der Waals surface area contributed by atoms with Gasteiger partial charge in [0.15, 0.2) is 5.84 Å². The van der Waals surface area contributed by atoms with Crippen molar-refractivity contribution in [2.24, 2.45) is 10.9 Å². The Labute approximate surface area is 128 Å². The molecule has 2 rings (SSSR count). The summed E-state index contributed by atoms with van der Waals surface area (Å²) >= 11 is 9.16. The zero-order chi connectivity index (χ0) is 14.5. The van der Waals surface area contributed by atoms with Crippen molar-refractivity contribution < 1.29 is 9.63 Å². The highest BCUT2D eigenvalue weighted by Gasteiger charge is 2.13. The van der Waals surface area contributed by atoms with Crippen LogP contribution in [0.4, 0.5) is 0 Å². The molecule has 0 saturated carbocycles. The number of pyridine rings is 1. The maximum Gasteiger partial charge on any atom is 0.367 e. The summed E-state index contributed by atoms with van der Waals surface area (Å²) in [5.74, 6) is -0.611. The van der Waals surface area contributed by atoms with Gasteiger partial charge in [0.2, 0.25) is 0 Å². The molecular weight excluding hydrogens is 346 g/mol. The number of nitrogens with zero attached hydrogens (tertiary/aromatic N) is 2. The van der Waals surface area contributed by atoms with E-state index in [0.717, 1.165) is 0 Å². The number of hydrogen-bond donors (Lipinski definition) is 1. The SMILES string of the molecule is N/C(=N\OC(=O)c1cc(Br)ccc1Cl)c1ccncc1. The highest BCUT2D eigenvalue weighted by molar-refractivity contribution is 9.10. The lowest BCUT2D eigenvalue weighted by Crippen LogP contribution is -2.15. The molecule has 0 amide bonds. The number of carbonyl (C=O) groups is 1. The molecule has 7 heteroatoms. The van der Waals surface area contributed by atoms with Crippen LogP contribution in [0, 0.1) is 0 Å². The monoisotopic (exact) mass is 353 g/mol. The predicted octanol–water partition coefficient (Wildman–Crippen LogP) is 2.97. The van der Waals surface area contributed by atoms with Gasteiger partial charge >= 0.3 is 5.97 Å². The van der Waals surface area contributed by atoms with Gasteiger partial charge in [0.1, 0.15) is 0 Å². The number of benzene rings is 1. The van der Waals surface area contributed by atoms with E-state index in [1.54, 1.807) is 42.7 Å². The van der Waals surface area contributed by atoms with Crippen LogP contribution >= 0.6 is 27.5 Å². The summed E-state index contributed by atoms with van der Waals surface area (Å²) in [6.45, 7) is 0. The van der Waals surface area contributed by atoms with Crippen molar-refractivity contribution in [2.75, 3.05) is 0 Å². The maximum absolute atomic E-state index is 11.9. The van der Waals surface area contributed by atoms with E-state index in [-0.39, 0.29) is 16.4 Å². The van der Waals surface area contributed by atoms with Crippen LogP contribution in [0.5, 0.6) is 0 Å². The quantitative estimate of drug-likeness (QED) is 0.398. The fourth-order valence-corrected chi connectivity index (χ4v) is 1.92. The molecule has 2 aromatic rings. The Kier molecular flexibility index (Phi) is 4.70. The third-order valence-corrected chi connectivity index (χ3v) is 3.17. The van der Waals surface area contributed by atoms with Gasteiger partial charge in [-0.15, -0.1) is 0 Å². The van der Waals surface area contributed by atoms with Crippen molar-refractivity contribution in [1.82, 2.24) is 4.98 Å². The van der Waals surface area contributed by atoms with Crippen molar-refractivity contribution in [3.05, 3.63) is 63.3 Å². The van der Waals surface area contributed by atoms with E-state index in [9.17, 15) is 4.79 Å². The first kappa shape index (κ1) is 14.5. The Morgan fingerprint density at radius 1 is 1.30 bits per heavy atom. The molecule has 0 fully saturated rings. The molecule has 5 nitrogen and oxygen atoms in total. The van der Waals surface area contributed by atoms with Gasteiger partial charge in [-0.1, -0.05) is 32.7 Å². The standard InChI is InChI=1S/C13H9BrClN3O2/c14-9-1-2-11(15)10(7-9)13(19)20-18-12(16)8-3-5-17-6-4-8/h1-7H,(H2,16,18). The van der Waals surface area contributed by atoms with Gasteiger partial charge in [0, 0.05) is 22.4 Å². The number of amidine groups is 1. The Bertz CT molecular complexity index is 662. The third-order valence-electron chi connectivity index (χ3n) is 2.35. The number of hydrogen-bond acceptors (Lipinski definition) is 4. The molecule has 0 radical (unpaired) electrons. The Morgan fingerprint density at radius 3 is 2.70 bits per heavy atom. The molecule has 1 aromatic heterocycles. The molecule has 2 N–H and O–H groups in total. The second-order valence-electron chi connectivity index (χ2n) is 3.72. The molecule has 0 aliphatic heterocycles. The van der Waals surface area contributed by atoms with Gasteiger partial charge in [-0.2, -0.15) is 0 Å². The van der Waals surface area contributed by atoms with E-state index in [1.165, 1.54) is 0 Å². The highest BCUT2D eigenvalue weighted by atomic mass is 79.9. The summed E-state index contributed by atoms with van der Waals surface area (Å²) in [7, 11) is 0. The fourth-order valence-electron chi connectivity index (χ4n) is 1.37. The number of rotatable bonds is 3. The van der Waals surface area contributed by atoms with Crippen LogP contribution in [0.15, 0.2) is 52.4 Å². The Hall–Kier alpha value is -1.92. The summed E-state index contributed by atoms with van der Waals surface area (Å²) in [6.07, 6.45) is 3.12. The average Bonchev–Trinajstić information content (AvgIpc) is 2.47. The summed E-state index contributed by atoms with van der Waals surface area (Å²) < 4.78 is 0.708. The number of carbonyl (C=O) groups excluding carboxylic acids is 1. The van der Waals surface area contributed by atoms with Crippen LogP contribution in [0.25, 0.3) is 0 Å². The largest absolute Gasteiger partial charge is 0.380 e. The first-order valence-electron chi connectivity index (χ1n) is 5.48. The molecule has 1 aromatic carbocycles. The van der Waals surface area contributed by atoms with Crippen molar-refractivity contribution in [1.29, 1.82) is 0 Å². The van der Waals surface area contributed by atoms with Crippen LogP contribution in [0.1, 0.15) is 15.9 Å². The fraction of sp³-hybridized carbons (Fsp3) is 0. The van der Waals surface area contributed by atoms with E-state index < -0.39 is 5.97 Å². The van der Waals surface area contributed by atoms with E-state index >= 15 is 0 Å². The third kappa shape index (κ3) is 3.55. The van der Waals surface area contributed by atoms with Crippen molar-refractivity contribution in [2.45, 2.75) is 0 Å². The molecule has 0 unspecified atom stereocenters. The molecule has 102 valence electrons. The minimum atomic E-state index is -0.687. The predicted molar refractivity (Wildman–Crippen MR) is 79.5 cm³/mol. The number of nitrogens with two attached hydrogens (primary N) is 1. The van der Waals surface area contributed by atoms with Gasteiger partial charge in [-0.3, -0.25) is 4.98 Å². The summed E-state index contributed by atoms with van der Waals surface area (Å²) in [5, 5.41) is 3.86. The van der Waals surface area contributed by atoms with Crippen molar-refractivity contribution >= 4 is 39.3 Å². The van der Waals surface area contributed by atoms with Crippen LogP contribution in [0.3, 0.4) is 0 Å². The minimum absolute atomic E-state index is 0.0758. The van der Waals surface area contributed by atoms with E-state index in [4.69, 9.17) is 22.2 Å². The van der Waals surface area contributed by atoms with Crippen LogP contribution in [0.2, 0.25) is 5.02 Å². The molecular formula is C13H9BrClN3O2. The lowest BCUT2D eigenvalue weighted by atomic mass is 10.2. The van der Waals surface area contributed by atoms with Crippen LogP contribution < -0.4 is 5.73 Å². The number of halogens is 2. The Morgan fingerprint density at radius 2 is 2.00 bits per heavy atom. The first-order valence-corrected chi connectivity index (χ1v) is 6.65. The van der Waals surface area contributed by atoms with Gasteiger partial charge in [0.05, 0.1) is 10.6 Å². The van der Waals surface area contributed by atoms with Crippen molar-refractivity contribution in [3.63, 3.8) is 0 Å². The van der Waals surface area contributed by atoms with Crippen LogP contribution in [-0.2, 0) is 4.84 Å². The topological polar surface area (TPSA) is 77.6 Å². The van der Waals surface area contributed by atoms with Gasteiger partial charge < -0.3 is 10.6 Å². The van der Waals surface area contributed by atoms with Gasteiger partial charge in [-0.25, -0.2) is 4.79 Å². The normalized spacial score (nSPS) is 11.2. The molecule has 0 aliphatic carbocycles. The zero-order valence-electron chi connectivity index (χ0n) is 10.1. The van der Waals surface area contributed by atoms with E-state index in [1.807, 2.05) is 0 Å². The molecule has 1 heterocycles. The van der Waals surface area contributed by atoms with Gasteiger partial charge in [0.25, 0.3) is 0 Å². The van der Waals surface area contributed by atoms with Crippen LogP contribution in [-0.4, -0.2) is 16.8 Å². The Balaban J connectivity index is 2.14. The lowest BCUT2D eigenvalue weighted by Gasteiger charge is -2.03. The molecule has 0 bridgehead atoms. The minimum Gasteiger partial charge on any atom is -0.380 e. The van der Waals surface area contributed by atoms with Gasteiger partial charge in [-0.05, 0) is 30.3 Å². The van der Waals surface area contributed by atoms with E-state index in [0.29, 0.717) is 10.0 Å². The highest BCUT2D eigenvalue weighted by Crippen LogP contribution is 2.21. The molecule has 0 saturated heterocycles. The average molecular weight is 355 g/mol. The lowest BCUT2D eigenvalue weighted by molar-refractivity contribution is 0.0516. The second kappa shape index (κ2) is 6.49. The van der Waals surface area contributed by atoms with E-state index in [2.05, 4.69) is 26.1 Å². The van der Waals surface area contributed by atoms with Crippen molar-refractivity contribution in [3.8, 4) is 0 Å². The first-order chi connectivity index (χ1) is 9.58. The molecule has 0 spiro atoms. The molecule has 20 heavy (non-hydrogen) atoms. The number of oxime groups is 1. The summed E-state index contributed by atoms with van der Waals surface area (Å²) in [4.78, 5) is 20.5. The summed E-state index contributed by atoms with van der Waals surface area (Å²) in [6, 6.07) is 8.15. The molecule has 0 atom stereocenters. The zero-order valence-corrected chi connectivity index (χ0v) is 12.4. The maximum atomic E-state index is 11.9. The smallest absolute Gasteiger partial charge is 0.367 e. The summed E-state index contributed by atoms with van der Waals surface area (Å²) in [5.41, 5.74) is 6.50. The second-order valence-corrected chi connectivity index (χ2v) is 5.04. The number of aromatic nitrogens is 1. The molecule has 0 aliphatic rings.